The molecule has 124 valence electrons. The fraction of sp³-hybridized carbons (Fsp3) is 0.263. The second-order valence-electron chi connectivity index (χ2n) is 5.81. The lowest BCUT2D eigenvalue weighted by Gasteiger charge is -2.23. The highest BCUT2D eigenvalue weighted by molar-refractivity contribution is 7.80. The number of hydrazone groups is 1. The van der Waals surface area contributed by atoms with Gasteiger partial charge >= 0.3 is 0 Å². The number of nitrogens with one attached hydrogen (secondary N) is 1. The molecule has 1 unspecified atom stereocenters. The van der Waals surface area contributed by atoms with Crippen molar-refractivity contribution in [2.45, 2.75) is 19.4 Å². The summed E-state index contributed by atoms with van der Waals surface area (Å²) in [5, 5.41) is 10.3. The van der Waals surface area contributed by atoms with Gasteiger partial charge in [-0.3, -0.25) is 0 Å². The van der Waals surface area contributed by atoms with E-state index >= 15 is 0 Å². The minimum atomic E-state index is 0.0892. The minimum absolute atomic E-state index is 0.0892. The van der Waals surface area contributed by atoms with Gasteiger partial charge in [-0.2, -0.15) is 5.10 Å². The maximum atomic E-state index is 5.45. The van der Waals surface area contributed by atoms with E-state index in [1.807, 2.05) is 24.2 Å². The molecule has 0 amide bonds. The van der Waals surface area contributed by atoms with Crippen LogP contribution in [0.3, 0.4) is 0 Å². The molecule has 0 radical (unpaired) electrons. The molecule has 1 N–H and O–H groups in total. The zero-order chi connectivity index (χ0) is 17.1. The standard InChI is InChI=1S/C19H21N3OS/c1-13-5-4-6-15(11-13)17-12-18(22(21-17)19(24)20-2)14-7-9-16(23-3)10-8-14/h4-11,18H,12H2,1-3H3,(H,20,24). The van der Waals surface area contributed by atoms with Crippen LogP contribution in [0.25, 0.3) is 0 Å². The second-order valence-corrected chi connectivity index (χ2v) is 6.20. The Morgan fingerprint density at radius 3 is 2.62 bits per heavy atom. The zero-order valence-corrected chi connectivity index (χ0v) is 14.9. The Bertz CT molecular complexity index is 770. The number of thiocarbonyl (C=S) groups is 1. The van der Waals surface area contributed by atoms with Crippen LogP contribution in [0.2, 0.25) is 0 Å². The summed E-state index contributed by atoms with van der Waals surface area (Å²) in [4.78, 5) is 0. The SMILES string of the molecule is CNC(=S)N1N=C(c2cccc(C)c2)CC1c1ccc(OC)cc1. The van der Waals surface area contributed by atoms with Gasteiger partial charge in [0.05, 0.1) is 18.9 Å². The smallest absolute Gasteiger partial charge is 0.189 e. The predicted octanol–water partition coefficient (Wildman–Crippen LogP) is 3.66. The van der Waals surface area contributed by atoms with Gasteiger partial charge in [-0.1, -0.05) is 42.0 Å². The highest BCUT2D eigenvalue weighted by Gasteiger charge is 2.31. The summed E-state index contributed by atoms with van der Waals surface area (Å²) in [5.41, 5.74) is 4.60. The van der Waals surface area contributed by atoms with Gasteiger partial charge in [0.15, 0.2) is 5.11 Å². The molecule has 3 rings (SSSR count). The summed E-state index contributed by atoms with van der Waals surface area (Å²) >= 11 is 5.45. The molecule has 24 heavy (non-hydrogen) atoms. The zero-order valence-electron chi connectivity index (χ0n) is 14.1. The first kappa shape index (κ1) is 16.5. The third kappa shape index (κ3) is 3.26. The van der Waals surface area contributed by atoms with Gasteiger partial charge < -0.3 is 10.1 Å². The molecule has 1 aliphatic rings. The van der Waals surface area contributed by atoms with Crippen molar-refractivity contribution in [2.24, 2.45) is 5.10 Å². The molecule has 0 saturated carbocycles. The Hall–Kier alpha value is -2.40. The van der Waals surface area contributed by atoms with Crippen LogP contribution in [0.15, 0.2) is 53.6 Å². The average Bonchev–Trinajstić information content (AvgIpc) is 3.06. The van der Waals surface area contributed by atoms with E-state index in [1.54, 1.807) is 7.11 Å². The molecule has 4 nitrogen and oxygen atoms in total. The maximum absolute atomic E-state index is 5.45. The van der Waals surface area contributed by atoms with Crippen molar-refractivity contribution in [1.82, 2.24) is 10.3 Å². The summed E-state index contributed by atoms with van der Waals surface area (Å²) in [6.07, 6.45) is 0.817. The average molecular weight is 339 g/mol. The van der Waals surface area contributed by atoms with E-state index in [0.717, 1.165) is 23.4 Å². The maximum Gasteiger partial charge on any atom is 0.189 e. The first-order chi connectivity index (χ1) is 11.6. The second kappa shape index (κ2) is 7.01. The van der Waals surface area contributed by atoms with Crippen LogP contribution in [0.1, 0.15) is 29.2 Å². The van der Waals surface area contributed by atoms with Gasteiger partial charge in [0.2, 0.25) is 0 Å². The van der Waals surface area contributed by atoms with Crippen molar-refractivity contribution >= 4 is 23.0 Å². The number of rotatable bonds is 3. The van der Waals surface area contributed by atoms with Crippen LogP contribution in [-0.2, 0) is 0 Å². The third-order valence-corrected chi connectivity index (χ3v) is 4.58. The van der Waals surface area contributed by atoms with E-state index in [1.165, 1.54) is 11.1 Å². The summed E-state index contributed by atoms with van der Waals surface area (Å²) in [6, 6.07) is 16.6. The summed E-state index contributed by atoms with van der Waals surface area (Å²) < 4.78 is 5.25. The van der Waals surface area contributed by atoms with Crippen molar-refractivity contribution in [3.8, 4) is 5.75 Å². The molecule has 0 aromatic heterocycles. The Morgan fingerprint density at radius 2 is 2.00 bits per heavy atom. The first-order valence-corrected chi connectivity index (χ1v) is 8.32. The molecule has 1 atom stereocenters. The van der Waals surface area contributed by atoms with Crippen molar-refractivity contribution in [2.75, 3.05) is 14.2 Å². The molecule has 0 aliphatic carbocycles. The van der Waals surface area contributed by atoms with E-state index in [4.69, 9.17) is 22.1 Å². The molecule has 0 bridgehead atoms. The van der Waals surface area contributed by atoms with E-state index in [9.17, 15) is 0 Å². The number of methoxy groups -OCH3 is 1. The summed E-state index contributed by atoms with van der Waals surface area (Å²) in [7, 11) is 3.50. The van der Waals surface area contributed by atoms with Crippen molar-refractivity contribution in [3.63, 3.8) is 0 Å². The quantitative estimate of drug-likeness (QED) is 0.866. The van der Waals surface area contributed by atoms with Crippen LogP contribution in [0.5, 0.6) is 5.75 Å². The molecule has 5 heteroatoms. The number of ether oxygens (including phenoxy) is 1. The molecule has 0 spiro atoms. The van der Waals surface area contributed by atoms with Gasteiger partial charge in [-0.25, -0.2) is 5.01 Å². The predicted molar refractivity (Wildman–Crippen MR) is 102 cm³/mol. The van der Waals surface area contributed by atoms with E-state index < -0.39 is 0 Å². The molecular formula is C19H21N3OS. The highest BCUT2D eigenvalue weighted by atomic mass is 32.1. The number of benzene rings is 2. The molecule has 2 aromatic rings. The number of nitrogens with zero attached hydrogens (tertiary/aromatic N) is 2. The molecule has 1 heterocycles. The number of hydrogen-bond acceptors (Lipinski definition) is 3. The highest BCUT2D eigenvalue weighted by Crippen LogP contribution is 2.33. The van der Waals surface area contributed by atoms with E-state index in [2.05, 4.69) is 48.6 Å². The van der Waals surface area contributed by atoms with Gasteiger partial charge in [-0.15, -0.1) is 0 Å². The van der Waals surface area contributed by atoms with Gasteiger partial charge in [0.1, 0.15) is 5.75 Å². The van der Waals surface area contributed by atoms with Crippen LogP contribution < -0.4 is 10.1 Å². The van der Waals surface area contributed by atoms with Crippen LogP contribution in [0.4, 0.5) is 0 Å². The first-order valence-electron chi connectivity index (χ1n) is 7.92. The van der Waals surface area contributed by atoms with Crippen molar-refractivity contribution < 1.29 is 4.74 Å². The van der Waals surface area contributed by atoms with Crippen molar-refractivity contribution in [3.05, 3.63) is 65.2 Å². The fourth-order valence-corrected chi connectivity index (χ4v) is 3.07. The normalized spacial score (nSPS) is 16.7. The topological polar surface area (TPSA) is 36.9 Å². The van der Waals surface area contributed by atoms with Crippen molar-refractivity contribution in [1.29, 1.82) is 0 Å². The largest absolute Gasteiger partial charge is 0.497 e. The Labute approximate surface area is 148 Å². The van der Waals surface area contributed by atoms with Gasteiger partial charge in [0.25, 0.3) is 0 Å². The molecule has 0 fully saturated rings. The lowest BCUT2D eigenvalue weighted by atomic mass is 9.98. The molecular weight excluding hydrogens is 318 g/mol. The minimum Gasteiger partial charge on any atom is -0.497 e. The fourth-order valence-electron chi connectivity index (χ4n) is 2.90. The van der Waals surface area contributed by atoms with Gasteiger partial charge in [-0.05, 0) is 42.4 Å². The summed E-state index contributed by atoms with van der Waals surface area (Å²) in [5.74, 6) is 0.847. The van der Waals surface area contributed by atoms with Crippen LogP contribution in [0, 0.1) is 6.92 Å². The lowest BCUT2D eigenvalue weighted by Crippen LogP contribution is -2.34. The molecule has 0 saturated heterocycles. The third-order valence-electron chi connectivity index (χ3n) is 4.18. The van der Waals surface area contributed by atoms with Crippen LogP contribution in [-0.4, -0.2) is 30.0 Å². The molecule has 2 aromatic carbocycles. The van der Waals surface area contributed by atoms with Crippen LogP contribution >= 0.6 is 12.2 Å². The Morgan fingerprint density at radius 1 is 1.25 bits per heavy atom. The molecule has 1 aliphatic heterocycles. The number of aryl methyl sites for hydroxylation is 1. The van der Waals surface area contributed by atoms with E-state index in [-0.39, 0.29) is 6.04 Å². The Kier molecular flexibility index (Phi) is 4.81. The van der Waals surface area contributed by atoms with Gasteiger partial charge in [0, 0.05) is 13.5 Å². The lowest BCUT2D eigenvalue weighted by molar-refractivity contribution is 0.365. The summed E-state index contributed by atoms with van der Waals surface area (Å²) in [6.45, 7) is 2.09. The number of hydrogen-bond donors (Lipinski definition) is 1. The Balaban J connectivity index is 1.93. The van der Waals surface area contributed by atoms with E-state index in [0.29, 0.717) is 5.11 Å². The monoisotopic (exact) mass is 339 g/mol.